The molecule has 0 unspecified atom stereocenters. The first-order chi connectivity index (χ1) is 19.4. The van der Waals surface area contributed by atoms with E-state index < -0.39 is 41.7 Å². The second-order valence-electron chi connectivity index (χ2n) is 10.2. The molecular formula is C28H34F2N6O5. The third-order valence-corrected chi connectivity index (χ3v) is 6.26. The van der Waals surface area contributed by atoms with E-state index in [9.17, 15) is 28.0 Å². The number of amides is 2. The van der Waals surface area contributed by atoms with E-state index in [1.807, 2.05) is 13.8 Å². The summed E-state index contributed by atoms with van der Waals surface area (Å²) in [6.45, 7) is 3.64. The Kier molecular flexibility index (Phi) is 10.5. The Labute approximate surface area is 235 Å². The van der Waals surface area contributed by atoms with E-state index in [1.54, 1.807) is 20.2 Å². The summed E-state index contributed by atoms with van der Waals surface area (Å²) in [6.07, 6.45) is 3.75. The quantitative estimate of drug-likeness (QED) is 0.251. The average molecular weight is 573 g/mol. The maximum Gasteiger partial charge on any atom is 0.407 e. The van der Waals surface area contributed by atoms with Crippen molar-refractivity contribution in [3.05, 3.63) is 69.7 Å². The van der Waals surface area contributed by atoms with Gasteiger partial charge in [-0.1, -0.05) is 19.9 Å². The second-order valence-corrected chi connectivity index (χ2v) is 10.2. The molecule has 0 aliphatic rings. The number of hydrogen-bond acceptors (Lipinski definition) is 7. The molecule has 0 bridgehead atoms. The van der Waals surface area contributed by atoms with Crippen LogP contribution < -0.4 is 10.9 Å². The van der Waals surface area contributed by atoms with Gasteiger partial charge in [-0.05, 0) is 43.4 Å². The number of ether oxygens (including phenoxy) is 1. The van der Waals surface area contributed by atoms with E-state index in [-0.39, 0.29) is 48.1 Å². The summed E-state index contributed by atoms with van der Waals surface area (Å²) in [4.78, 5) is 62.6. The number of methoxy groups -OCH3 is 1. The van der Waals surface area contributed by atoms with Crippen molar-refractivity contribution in [2.75, 3.05) is 21.2 Å². The second kappa shape index (κ2) is 13.8. The standard InChI is InChI=1S/C28H34F2N6O5/c1-16(2)12-20-26-25(18(29)14-31-20)33-23(34-26)15-36-22(30)11-10-17(27(36)39)13-21(37)19(32-28(40)41-5)8-6-7-9-24(38)35(3)4/h7,9-11,14,16,19H,6,8,12-13,15H2,1-5H3,(H,32,40)(H,33,34)/b9-7+/t19-/m0/s1. The van der Waals surface area contributed by atoms with Crippen LogP contribution in [0.3, 0.4) is 0 Å². The van der Waals surface area contributed by atoms with Crippen LogP contribution in [0.25, 0.3) is 11.0 Å². The number of likely N-dealkylation sites (N-methyl/N-ethyl adjacent to an activating group) is 1. The zero-order valence-electron chi connectivity index (χ0n) is 23.7. The van der Waals surface area contributed by atoms with Gasteiger partial charge in [0.2, 0.25) is 5.91 Å². The zero-order chi connectivity index (χ0) is 30.3. The van der Waals surface area contributed by atoms with Crippen LogP contribution in [0, 0.1) is 17.7 Å². The highest BCUT2D eigenvalue weighted by Crippen LogP contribution is 2.21. The van der Waals surface area contributed by atoms with E-state index in [2.05, 4.69) is 25.0 Å². The van der Waals surface area contributed by atoms with Gasteiger partial charge in [0, 0.05) is 26.1 Å². The summed E-state index contributed by atoms with van der Waals surface area (Å²) in [5, 5.41) is 2.44. The van der Waals surface area contributed by atoms with E-state index in [0.717, 1.165) is 23.9 Å². The molecule has 3 aromatic rings. The van der Waals surface area contributed by atoms with Gasteiger partial charge in [-0.2, -0.15) is 4.39 Å². The van der Waals surface area contributed by atoms with Gasteiger partial charge < -0.3 is 19.9 Å². The number of nitrogens with zero attached hydrogens (tertiary/aromatic N) is 4. The number of imidazole rings is 1. The van der Waals surface area contributed by atoms with Crippen LogP contribution in [0.15, 0.2) is 35.3 Å². The van der Waals surface area contributed by atoms with Crippen LogP contribution in [-0.2, 0) is 33.7 Å². The number of aromatic amines is 1. The van der Waals surface area contributed by atoms with Gasteiger partial charge in [-0.25, -0.2) is 14.2 Å². The molecule has 2 amide bonds. The number of hydrogen-bond donors (Lipinski definition) is 2. The Morgan fingerprint density at radius 3 is 2.61 bits per heavy atom. The number of fused-ring (bicyclic) bond motifs is 1. The molecule has 0 aliphatic heterocycles. The minimum atomic E-state index is -1.02. The first-order valence-electron chi connectivity index (χ1n) is 13.1. The number of nitrogens with one attached hydrogen (secondary N) is 2. The first-order valence-corrected chi connectivity index (χ1v) is 13.1. The molecule has 11 nitrogen and oxygen atoms in total. The maximum atomic E-state index is 14.8. The van der Waals surface area contributed by atoms with E-state index in [0.29, 0.717) is 17.6 Å². The number of rotatable bonds is 12. The molecule has 0 saturated heterocycles. The summed E-state index contributed by atoms with van der Waals surface area (Å²) in [5.74, 6) is -1.87. The van der Waals surface area contributed by atoms with Gasteiger partial charge in [0.25, 0.3) is 5.56 Å². The Hall–Kier alpha value is -4.42. The van der Waals surface area contributed by atoms with Crippen molar-refractivity contribution in [2.45, 2.75) is 52.1 Å². The van der Waals surface area contributed by atoms with Crippen LogP contribution in [0.2, 0.25) is 0 Å². The van der Waals surface area contributed by atoms with Crippen molar-refractivity contribution in [3.8, 4) is 0 Å². The fourth-order valence-corrected chi connectivity index (χ4v) is 4.14. The molecule has 13 heteroatoms. The normalized spacial score (nSPS) is 12.2. The smallest absolute Gasteiger partial charge is 0.407 e. The topological polar surface area (TPSA) is 139 Å². The Morgan fingerprint density at radius 1 is 1.22 bits per heavy atom. The number of carbonyl (C=O) groups excluding carboxylic acids is 3. The summed E-state index contributed by atoms with van der Waals surface area (Å²) in [7, 11) is 4.35. The van der Waals surface area contributed by atoms with E-state index >= 15 is 0 Å². The number of pyridine rings is 2. The van der Waals surface area contributed by atoms with Gasteiger partial charge >= 0.3 is 6.09 Å². The number of allylic oxidation sites excluding steroid dienone is 1. The SMILES string of the molecule is COC(=O)N[C@@H](CC/C=C/C(=O)N(C)C)C(=O)Cc1ccc(F)n(Cc2nc3c(F)cnc(CC(C)C)c3[nH]2)c1=O. The van der Waals surface area contributed by atoms with Crippen molar-refractivity contribution in [2.24, 2.45) is 5.92 Å². The molecule has 0 radical (unpaired) electrons. The number of Topliss-reactive ketones (excluding diaryl/α,β-unsaturated/α-hetero) is 1. The van der Waals surface area contributed by atoms with Crippen molar-refractivity contribution in [1.82, 2.24) is 29.7 Å². The van der Waals surface area contributed by atoms with Gasteiger partial charge in [-0.3, -0.25) is 23.9 Å². The highest BCUT2D eigenvalue weighted by Gasteiger charge is 2.23. The van der Waals surface area contributed by atoms with Crippen molar-refractivity contribution >= 4 is 28.8 Å². The number of halogens is 2. The summed E-state index contributed by atoms with van der Waals surface area (Å²) in [6, 6.07) is 1.24. The van der Waals surface area contributed by atoms with Crippen molar-refractivity contribution in [1.29, 1.82) is 0 Å². The number of aromatic nitrogens is 4. The van der Waals surface area contributed by atoms with Gasteiger partial charge in [0.1, 0.15) is 11.3 Å². The summed E-state index contributed by atoms with van der Waals surface area (Å²) < 4.78 is 34.6. The van der Waals surface area contributed by atoms with Gasteiger partial charge in [0.15, 0.2) is 17.5 Å². The molecule has 3 aromatic heterocycles. The molecule has 0 spiro atoms. The molecule has 0 aromatic carbocycles. The third-order valence-electron chi connectivity index (χ3n) is 6.26. The number of carbonyl (C=O) groups is 3. The lowest BCUT2D eigenvalue weighted by Crippen LogP contribution is -2.42. The van der Waals surface area contributed by atoms with E-state index in [4.69, 9.17) is 0 Å². The maximum absolute atomic E-state index is 14.8. The third kappa shape index (κ3) is 8.05. The molecule has 220 valence electrons. The molecule has 41 heavy (non-hydrogen) atoms. The van der Waals surface area contributed by atoms with Gasteiger partial charge in [-0.15, -0.1) is 0 Å². The average Bonchev–Trinajstić information content (AvgIpc) is 3.36. The van der Waals surface area contributed by atoms with E-state index in [1.165, 1.54) is 17.0 Å². The molecular weight excluding hydrogens is 538 g/mol. The van der Waals surface area contributed by atoms with Crippen LogP contribution in [-0.4, -0.2) is 69.4 Å². The first kappa shape index (κ1) is 31.1. The van der Waals surface area contributed by atoms with Crippen LogP contribution in [0.5, 0.6) is 0 Å². The zero-order valence-corrected chi connectivity index (χ0v) is 23.7. The lowest BCUT2D eigenvalue weighted by molar-refractivity contribution is -0.123. The monoisotopic (exact) mass is 572 g/mol. The summed E-state index contributed by atoms with van der Waals surface area (Å²) in [5.41, 5.74) is 0.256. The number of H-pyrrole nitrogens is 1. The van der Waals surface area contributed by atoms with Crippen molar-refractivity contribution in [3.63, 3.8) is 0 Å². The number of alkyl carbamates (subject to hydrolysis) is 1. The molecule has 2 N–H and O–H groups in total. The van der Waals surface area contributed by atoms with Crippen LogP contribution >= 0.6 is 0 Å². The van der Waals surface area contributed by atoms with Crippen LogP contribution in [0.4, 0.5) is 13.6 Å². The minimum absolute atomic E-state index is 0.00384. The molecule has 0 aliphatic carbocycles. The summed E-state index contributed by atoms with van der Waals surface area (Å²) >= 11 is 0. The minimum Gasteiger partial charge on any atom is -0.453 e. The fourth-order valence-electron chi connectivity index (χ4n) is 4.14. The fraction of sp³-hybridized carbons (Fsp3) is 0.429. The molecule has 0 saturated carbocycles. The predicted molar refractivity (Wildman–Crippen MR) is 147 cm³/mol. The lowest BCUT2D eigenvalue weighted by atomic mass is 10.0. The lowest BCUT2D eigenvalue weighted by Gasteiger charge is -2.16. The molecule has 0 fully saturated rings. The molecule has 1 atom stereocenters. The Bertz CT molecular complexity index is 1510. The highest BCUT2D eigenvalue weighted by atomic mass is 19.1. The van der Waals surface area contributed by atoms with Crippen molar-refractivity contribution < 1.29 is 27.9 Å². The largest absolute Gasteiger partial charge is 0.453 e. The molecule has 3 rings (SSSR count). The molecule has 3 heterocycles. The Morgan fingerprint density at radius 2 is 1.95 bits per heavy atom. The highest BCUT2D eigenvalue weighted by molar-refractivity contribution is 5.89. The number of ketones is 1. The van der Waals surface area contributed by atoms with Crippen LogP contribution in [0.1, 0.15) is 43.8 Å². The Balaban J connectivity index is 1.83. The predicted octanol–water partition coefficient (Wildman–Crippen LogP) is 2.91. The van der Waals surface area contributed by atoms with Gasteiger partial charge in [0.05, 0.1) is 37.1 Å².